The fraction of sp³-hybridized carbons (Fsp3) is 0.560. The third kappa shape index (κ3) is 7.48. The Morgan fingerprint density at radius 3 is 2.34 bits per heavy atom. The number of nitrogens with two attached hydrogens (primary N) is 1. The largest absolute Gasteiger partial charge is 0.463 e. The van der Waals surface area contributed by atoms with Crippen LogP contribution in [0, 0.1) is 11.3 Å². The molecule has 1 aromatic carbocycles. The van der Waals surface area contributed by atoms with Gasteiger partial charge in [-0.2, -0.15) is 0 Å². The van der Waals surface area contributed by atoms with Crippen molar-refractivity contribution in [3.8, 4) is 0 Å². The third-order valence-electron chi connectivity index (χ3n) is 5.31. The Labute approximate surface area is 192 Å². The molecular weight excluding hydrogens is 406 g/mol. The van der Waals surface area contributed by atoms with Crippen LogP contribution in [0.4, 0.5) is 0 Å². The van der Waals surface area contributed by atoms with Gasteiger partial charge in [0.15, 0.2) is 0 Å². The van der Waals surface area contributed by atoms with Crippen LogP contribution in [0.1, 0.15) is 64.4 Å². The predicted octanol–water partition coefficient (Wildman–Crippen LogP) is 3.28. The molecule has 0 aliphatic carbocycles. The van der Waals surface area contributed by atoms with E-state index in [0.29, 0.717) is 17.7 Å². The summed E-state index contributed by atoms with van der Waals surface area (Å²) in [4.78, 5) is 40.2. The molecule has 7 heteroatoms. The van der Waals surface area contributed by atoms with Gasteiger partial charge in [-0.05, 0) is 42.9 Å². The highest BCUT2D eigenvalue weighted by atomic mass is 16.5. The molecule has 0 aromatic heterocycles. The Kier molecular flexibility index (Phi) is 10.1. The molecule has 1 rings (SSSR count). The van der Waals surface area contributed by atoms with Gasteiger partial charge in [-0.15, -0.1) is 0 Å². The summed E-state index contributed by atoms with van der Waals surface area (Å²) >= 11 is 0. The molecule has 1 aromatic rings. The van der Waals surface area contributed by atoms with Crippen LogP contribution >= 0.6 is 0 Å². The highest BCUT2D eigenvalue weighted by Crippen LogP contribution is 2.24. The minimum Gasteiger partial charge on any atom is -0.463 e. The number of hydrogen-bond donors (Lipinski definition) is 2. The lowest BCUT2D eigenvalue weighted by molar-refractivity contribution is -0.139. The average Bonchev–Trinajstić information content (AvgIpc) is 2.73. The van der Waals surface area contributed by atoms with Crippen LogP contribution in [0.15, 0.2) is 35.9 Å². The summed E-state index contributed by atoms with van der Waals surface area (Å²) in [6, 6.07) is 5.95. The molecule has 0 bridgehead atoms. The van der Waals surface area contributed by atoms with Crippen molar-refractivity contribution in [2.75, 3.05) is 13.7 Å². The molecule has 0 saturated heterocycles. The SMILES string of the molecule is CCOC(=O)/C(C)=C/C(C(C)C)N(C)C(=O)C(NC(=O)c1cccc(CN)c1)C(C)(C)C. The zero-order chi connectivity index (χ0) is 24.6. The highest BCUT2D eigenvalue weighted by Gasteiger charge is 2.37. The molecule has 2 atom stereocenters. The number of amides is 2. The van der Waals surface area contributed by atoms with E-state index in [1.165, 1.54) is 0 Å². The Morgan fingerprint density at radius 1 is 1.22 bits per heavy atom. The van der Waals surface area contributed by atoms with E-state index in [1.54, 1.807) is 50.1 Å². The van der Waals surface area contributed by atoms with E-state index in [4.69, 9.17) is 10.5 Å². The highest BCUT2D eigenvalue weighted by molar-refractivity contribution is 5.98. The second-order valence-corrected chi connectivity index (χ2v) is 9.43. The van der Waals surface area contributed by atoms with Crippen LogP contribution < -0.4 is 11.1 Å². The lowest BCUT2D eigenvalue weighted by atomic mass is 9.85. The summed E-state index contributed by atoms with van der Waals surface area (Å²) in [6.07, 6.45) is 1.76. The Morgan fingerprint density at radius 2 is 1.84 bits per heavy atom. The predicted molar refractivity (Wildman–Crippen MR) is 127 cm³/mol. The number of carbonyl (C=O) groups is 3. The lowest BCUT2D eigenvalue weighted by Gasteiger charge is -2.37. The number of ether oxygens (including phenoxy) is 1. The molecule has 3 N–H and O–H groups in total. The molecule has 0 fully saturated rings. The number of nitrogens with zero attached hydrogens (tertiary/aromatic N) is 1. The Balaban J connectivity index is 3.20. The standard InChI is InChI=1S/C25H39N3O4/c1-9-32-24(31)17(4)13-20(16(2)3)28(8)23(30)21(25(5,6)7)27-22(29)19-12-10-11-18(14-19)15-26/h10-14,16,20-21H,9,15,26H2,1-8H3,(H,27,29)/b17-13+. The third-order valence-corrected chi connectivity index (χ3v) is 5.31. The zero-order valence-corrected chi connectivity index (χ0v) is 20.7. The fourth-order valence-corrected chi connectivity index (χ4v) is 3.37. The molecule has 0 aliphatic heterocycles. The summed E-state index contributed by atoms with van der Waals surface area (Å²) in [6.45, 7) is 13.7. The number of esters is 1. The first-order chi connectivity index (χ1) is 14.8. The number of rotatable bonds is 9. The smallest absolute Gasteiger partial charge is 0.333 e. The number of carbonyl (C=O) groups excluding carboxylic acids is 3. The van der Waals surface area contributed by atoms with Crippen molar-refractivity contribution in [3.05, 3.63) is 47.0 Å². The number of hydrogen-bond acceptors (Lipinski definition) is 5. The monoisotopic (exact) mass is 445 g/mol. The molecule has 2 amide bonds. The van der Waals surface area contributed by atoms with E-state index < -0.39 is 17.4 Å². The summed E-state index contributed by atoms with van der Waals surface area (Å²) < 4.78 is 5.07. The van der Waals surface area contributed by atoms with Crippen molar-refractivity contribution in [1.29, 1.82) is 0 Å². The number of likely N-dealkylation sites (N-methyl/N-ethyl adjacent to an activating group) is 1. The number of nitrogens with one attached hydrogen (secondary N) is 1. The van der Waals surface area contributed by atoms with Gasteiger partial charge in [-0.25, -0.2) is 4.79 Å². The summed E-state index contributed by atoms with van der Waals surface area (Å²) in [5.74, 6) is -0.918. The molecule has 0 spiro atoms. The summed E-state index contributed by atoms with van der Waals surface area (Å²) in [7, 11) is 1.70. The summed E-state index contributed by atoms with van der Waals surface area (Å²) in [5, 5.41) is 2.91. The molecule has 0 radical (unpaired) electrons. The van der Waals surface area contributed by atoms with Crippen molar-refractivity contribution < 1.29 is 19.1 Å². The molecule has 0 saturated carbocycles. The van der Waals surface area contributed by atoms with Gasteiger partial charge >= 0.3 is 5.97 Å². The van der Waals surface area contributed by atoms with Crippen LogP contribution in [-0.2, 0) is 20.9 Å². The van der Waals surface area contributed by atoms with Gasteiger partial charge in [0.05, 0.1) is 12.6 Å². The quantitative estimate of drug-likeness (QED) is 0.449. The first-order valence-corrected chi connectivity index (χ1v) is 11.1. The second-order valence-electron chi connectivity index (χ2n) is 9.43. The lowest BCUT2D eigenvalue weighted by Crippen LogP contribution is -2.56. The van der Waals surface area contributed by atoms with E-state index in [1.807, 2.05) is 40.7 Å². The van der Waals surface area contributed by atoms with Crippen LogP contribution in [0.5, 0.6) is 0 Å². The topological polar surface area (TPSA) is 102 Å². The minimum atomic E-state index is -0.765. The fourth-order valence-electron chi connectivity index (χ4n) is 3.37. The van der Waals surface area contributed by atoms with Crippen molar-refractivity contribution in [3.63, 3.8) is 0 Å². The normalized spacial score (nSPS) is 14.0. The maximum absolute atomic E-state index is 13.5. The molecule has 32 heavy (non-hydrogen) atoms. The van der Waals surface area contributed by atoms with Gasteiger partial charge < -0.3 is 20.7 Å². The van der Waals surface area contributed by atoms with E-state index in [-0.39, 0.29) is 30.4 Å². The Bertz CT molecular complexity index is 840. The van der Waals surface area contributed by atoms with Gasteiger partial charge in [0.25, 0.3) is 5.91 Å². The molecule has 0 heterocycles. The average molecular weight is 446 g/mol. The van der Waals surface area contributed by atoms with Crippen molar-refractivity contribution in [2.24, 2.45) is 17.1 Å². The van der Waals surface area contributed by atoms with E-state index in [0.717, 1.165) is 5.56 Å². The maximum atomic E-state index is 13.5. The van der Waals surface area contributed by atoms with E-state index in [2.05, 4.69) is 5.32 Å². The first-order valence-electron chi connectivity index (χ1n) is 11.1. The van der Waals surface area contributed by atoms with Gasteiger partial charge in [0.1, 0.15) is 6.04 Å². The maximum Gasteiger partial charge on any atom is 0.333 e. The summed E-state index contributed by atoms with van der Waals surface area (Å²) in [5.41, 5.74) is 6.89. The van der Waals surface area contributed by atoms with Crippen molar-refractivity contribution >= 4 is 17.8 Å². The molecule has 7 nitrogen and oxygen atoms in total. The second kappa shape index (κ2) is 11.8. The van der Waals surface area contributed by atoms with Gasteiger partial charge in [0.2, 0.25) is 5.91 Å². The van der Waals surface area contributed by atoms with Crippen molar-refractivity contribution in [2.45, 2.75) is 67.1 Å². The Hall–Kier alpha value is -2.67. The van der Waals surface area contributed by atoms with E-state index in [9.17, 15) is 14.4 Å². The molecule has 2 unspecified atom stereocenters. The minimum absolute atomic E-state index is 0.0471. The zero-order valence-electron chi connectivity index (χ0n) is 20.7. The van der Waals surface area contributed by atoms with Crippen LogP contribution in [-0.4, -0.2) is 48.4 Å². The number of benzene rings is 1. The van der Waals surface area contributed by atoms with Gasteiger partial charge in [0, 0.05) is 24.7 Å². The van der Waals surface area contributed by atoms with Crippen LogP contribution in [0.2, 0.25) is 0 Å². The van der Waals surface area contributed by atoms with Crippen molar-refractivity contribution in [1.82, 2.24) is 10.2 Å². The van der Waals surface area contributed by atoms with Crippen LogP contribution in [0.25, 0.3) is 0 Å². The first kappa shape index (κ1) is 27.4. The molecular formula is C25H39N3O4. The molecule has 0 aliphatic rings. The van der Waals surface area contributed by atoms with Gasteiger partial charge in [-0.1, -0.05) is 52.8 Å². The van der Waals surface area contributed by atoms with Crippen LogP contribution in [0.3, 0.4) is 0 Å². The molecule has 178 valence electrons. The van der Waals surface area contributed by atoms with Gasteiger partial charge in [-0.3, -0.25) is 9.59 Å². The van der Waals surface area contributed by atoms with E-state index >= 15 is 0 Å².